The fourth-order valence-electron chi connectivity index (χ4n) is 3.11. The van der Waals surface area contributed by atoms with E-state index in [4.69, 9.17) is 0 Å². The molecule has 1 unspecified atom stereocenters. The van der Waals surface area contributed by atoms with Gasteiger partial charge >= 0.3 is 0 Å². The number of anilines is 1. The van der Waals surface area contributed by atoms with Crippen molar-refractivity contribution in [3.8, 4) is 0 Å². The summed E-state index contributed by atoms with van der Waals surface area (Å²) >= 11 is 1.56. The molecular formula is C18H26N4OS. The fourth-order valence-corrected chi connectivity index (χ4v) is 4.07. The molecule has 1 aliphatic heterocycles. The lowest BCUT2D eigenvalue weighted by Gasteiger charge is -2.32. The van der Waals surface area contributed by atoms with E-state index in [-0.39, 0.29) is 11.8 Å². The van der Waals surface area contributed by atoms with Gasteiger partial charge in [0, 0.05) is 19.6 Å². The van der Waals surface area contributed by atoms with E-state index in [0.717, 1.165) is 49.2 Å². The summed E-state index contributed by atoms with van der Waals surface area (Å²) < 4.78 is 1.13. The first-order valence-electron chi connectivity index (χ1n) is 8.56. The van der Waals surface area contributed by atoms with Crippen molar-refractivity contribution >= 4 is 32.6 Å². The standard InChI is InChI=1S/C18H26N4OS/c1-13-6-7-15-16(11-13)24-18(19-15)20-17(23)14-5-4-8-22(12-14)10-9-21(2)3/h6-7,11,14H,4-5,8-10,12H2,1-3H3,(H,19,20,23). The van der Waals surface area contributed by atoms with Gasteiger partial charge in [0.25, 0.3) is 0 Å². The van der Waals surface area contributed by atoms with Crippen molar-refractivity contribution in [2.75, 3.05) is 45.6 Å². The van der Waals surface area contributed by atoms with Gasteiger partial charge in [0.05, 0.1) is 16.1 Å². The third kappa shape index (κ3) is 4.32. The van der Waals surface area contributed by atoms with Crippen LogP contribution in [0.4, 0.5) is 5.13 Å². The second kappa shape index (κ2) is 7.59. The molecule has 2 aromatic rings. The first kappa shape index (κ1) is 17.3. The van der Waals surface area contributed by atoms with Crippen molar-refractivity contribution in [1.82, 2.24) is 14.8 Å². The van der Waals surface area contributed by atoms with Crippen LogP contribution in [0.3, 0.4) is 0 Å². The third-order valence-electron chi connectivity index (χ3n) is 4.51. The number of aromatic nitrogens is 1. The highest BCUT2D eigenvalue weighted by Crippen LogP contribution is 2.27. The molecule has 1 aromatic carbocycles. The Hall–Kier alpha value is -1.50. The molecule has 0 bridgehead atoms. The molecule has 1 amide bonds. The summed E-state index contributed by atoms with van der Waals surface area (Å²) in [6.45, 7) is 6.08. The molecule has 0 saturated carbocycles. The summed E-state index contributed by atoms with van der Waals surface area (Å²) in [6.07, 6.45) is 2.05. The highest BCUT2D eigenvalue weighted by Gasteiger charge is 2.26. The summed E-state index contributed by atoms with van der Waals surface area (Å²) in [6, 6.07) is 6.18. The number of likely N-dealkylation sites (N-methyl/N-ethyl adjacent to an activating group) is 1. The summed E-state index contributed by atoms with van der Waals surface area (Å²) in [5, 5.41) is 3.75. The molecule has 1 fully saturated rings. The Bertz CT molecular complexity index is 712. The first-order valence-corrected chi connectivity index (χ1v) is 9.38. The van der Waals surface area contributed by atoms with Gasteiger partial charge < -0.3 is 15.1 Å². The molecule has 24 heavy (non-hydrogen) atoms. The average Bonchev–Trinajstić information content (AvgIpc) is 2.94. The summed E-state index contributed by atoms with van der Waals surface area (Å²) in [4.78, 5) is 21.7. The number of hydrogen-bond acceptors (Lipinski definition) is 5. The predicted octanol–water partition coefficient (Wildman–Crippen LogP) is 2.82. The van der Waals surface area contributed by atoms with E-state index in [1.165, 1.54) is 5.56 Å². The Morgan fingerprint density at radius 1 is 1.46 bits per heavy atom. The molecule has 1 aromatic heterocycles. The number of thiazole rings is 1. The molecule has 1 aliphatic rings. The molecule has 0 spiro atoms. The number of carbonyl (C=O) groups excluding carboxylic acids is 1. The molecule has 130 valence electrons. The maximum absolute atomic E-state index is 12.6. The van der Waals surface area contributed by atoms with Crippen molar-refractivity contribution in [2.24, 2.45) is 5.92 Å². The number of rotatable bonds is 5. The van der Waals surface area contributed by atoms with Crippen molar-refractivity contribution in [3.63, 3.8) is 0 Å². The smallest absolute Gasteiger partial charge is 0.230 e. The number of nitrogens with one attached hydrogen (secondary N) is 1. The van der Waals surface area contributed by atoms with E-state index in [9.17, 15) is 4.79 Å². The normalized spacial score (nSPS) is 19.1. The fraction of sp³-hybridized carbons (Fsp3) is 0.556. The van der Waals surface area contributed by atoms with Gasteiger partial charge in [-0.1, -0.05) is 17.4 Å². The number of piperidine rings is 1. The maximum Gasteiger partial charge on any atom is 0.230 e. The van der Waals surface area contributed by atoms with Crippen LogP contribution >= 0.6 is 11.3 Å². The van der Waals surface area contributed by atoms with Crippen molar-refractivity contribution in [2.45, 2.75) is 19.8 Å². The van der Waals surface area contributed by atoms with Crippen LogP contribution in [0.5, 0.6) is 0 Å². The van der Waals surface area contributed by atoms with Gasteiger partial charge in [-0.25, -0.2) is 4.98 Å². The third-order valence-corrected chi connectivity index (χ3v) is 5.45. The van der Waals surface area contributed by atoms with Crippen LogP contribution in [-0.4, -0.2) is 61.0 Å². The van der Waals surface area contributed by atoms with Crippen LogP contribution in [0.15, 0.2) is 18.2 Å². The van der Waals surface area contributed by atoms with E-state index in [2.05, 4.69) is 53.3 Å². The highest BCUT2D eigenvalue weighted by atomic mass is 32.1. The molecule has 2 heterocycles. The van der Waals surface area contributed by atoms with Gasteiger partial charge in [0.1, 0.15) is 0 Å². The summed E-state index contributed by atoms with van der Waals surface area (Å²) in [5.41, 5.74) is 2.17. The number of aryl methyl sites for hydroxylation is 1. The minimum atomic E-state index is 0.0645. The predicted molar refractivity (Wildman–Crippen MR) is 101 cm³/mol. The molecule has 0 aliphatic carbocycles. The molecule has 1 saturated heterocycles. The second-order valence-electron chi connectivity index (χ2n) is 6.92. The summed E-state index contributed by atoms with van der Waals surface area (Å²) in [5.74, 6) is 0.176. The zero-order chi connectivity index (χ0) is 17.1. The van der Waals surface area contributed by atoms with E-state index in [0.29, 0.717) is 5.13 Å². The number of amides is 1. The van der Waals surface area contributed by atoms with Gasteiger partial charge in [0.15, 0.2) is 5.13 Å². The Balaban J connectivity index is 1.60. The molecule has 5 nitrogen and oxygen atoms in total. The Labute approximate surface area is 147 Å². The summed E-state index contributed by atoms with van der Waals surface area (Å²) in [7, 11) is 4.17. The minimum absolute atomic E-state index is 0.0645. The van der Waals surface area contributed by atoms with Crippen LogP contribution in [0.1, 0.15) is 18.4 Å². The Morgan fingerprint density at radius 2 is 2.29 bits per heavy atom. The van der Waals surface area contributed by atoms with Crippen LogP contribution in [0, 0.1) is 12.8 Å². The van der Waals surface area contributed by atoms with E-state index >= 15 is 0 Å². The largest absolute Gasteiger partial charge is 0.308 e. The van der Waals surface area contributed by atoms with Gasteiger partial charge in [-0.3, -0.25) is 4.79 Å². The van der Waals surface area contributed by atoms with Crippen molar-refractivity contribution < 1.29 is 4.79 Å². The number of carbonyl (C=O) groups is 1. The highest BCUT2D eigenvalue weighted by molar-refractivity contribution is 7.22. The minimum Gasteiger partial charge on any atom is -0.308 e. The monoisotopic (exact) mass is 346 g/mol. The maximum atomic E-state index is 12.6. The van der Waals surface area contributed by atoms with E-state index < -0.39 is 0 Å². The Kier molecular flexibility index (Phi) is 5.48. The number of benzene rings is 1. The van der Waals surface area contributed by atoms with Gasteiger partial charge in [-0.15, -0.1) is 0 Å². The van der Waals surface area contributed by atoms with Crippen LogP contribution in [0.2, 0.25) is 0 Å². The molecule has 3 rings (SSSR count). The number of fused-ring (bicyclic) bond motifs is 1. The van der Waals surface area contributed by atoms with Crippen molar-refractivity contribution in [1.29, 1.82) is 0 Å². The molecule has 0 radical (unpaired) electrons. The van der Waals surface area contributed by atoms with Crippen molar-refractivity contribution in [3.05, 3.63) is 23.8 Å². The first-order chi connectivity index (χ1) is 11.5. The lowest BCUT2D eigenvalue weighted by molar-refractivity contribution is -0.121. The SMILES string of the molecule is Cc1ccc2nc(NC(=O)C3CCCN(CCN(C)C)C3)sc2c1. The zero-order valence-corrected chi connectivity index (χ0v) is 15.5. The lowest BCUT2D eigenvalue weighted by atomic mass is 9.97. The zero-order valence-electron chi connectivity index (χ0n) is 14.7. The number of hydrogen-bond donors (Lipinski definition) is 1. The molecule has 6 heteroatoms. The van der Waals surface area contributed by atoms with E-state index in [1.807, 2.05) is 6.07 Å². The van der Waals surface area contributed by atoms with E-state index in [1.54, 1.807) is 11.3 Å². The average molecular weight is 347 g/mol. The molecule has 1 N–H and O–H groups in total. The molecular weight excluding hydrogens is 320 g/mol. The molecule has 1 atom stereocenters. The van der Waals surface area contributed by atoms with Gasteiger partial charge in [-0.05, 0) is 58.1 Å². The number of likely N-dealkylation sites (tertiary alicyclic amines) is 1. The van der Waals surface area contributed by atoms with Crippen LogP contribution in [0.25, 0.3) is 10.2 Å². The van der Waals surface area contributed by atoms with Crippen LogP contribution in [-0.2, 0) is 4.79 Å². The number of nitrogens with zero attached hydrogens (tertiary/aromatic N) is 3. The topological polar surface area (TPSA) is 48.5 Å². The lowest BCUT2D eigenvalue weighted by Crippen LogP contribution is -2.43. The Morgan fingerprint density at radius 3 is 3.08 bits per heavy atom. The van der Waals surface area contributed by atoms with Crippen LogP contribution < -0.4 is 5.32 Å². The van der Waals surface area contributed by atoms with Gasteiger partial charge in [-0.2, -0.15) is 0 Å². The second-order valence-corrected chi connectivity index (χ2v) is 7.95. The van der Waals surface area contributed by atoms with Gasteiger partial charge in [0.2, 0.25) is 5.91 Å². The quantitative estimate of drug-likeness (QED) is 0.904.